The quantitative estimate of drug-likeness (QED) is 0.556. The lowest BCUT2D eigenvalue weighted by atomic mass is 10.1. The normalized spacial score (nSPS) is 11.8. The zero-order valence-corrected chi connectivity index (χ0v) is 17.1. The predicted octanol–water partition coefficient (Wildman–Crippen LogP) is 1.91. The first kappa shape index (κ1) is 20.7. The highest BCUT2D eigenvalue weighted by atomic mass is 32.2. The lowest BCUT2D eigenvalue weighted by molar-refractivity contribution is -0.123. The van der Waals surface area contributed by atoms with Crippen LogP contribution in [0.1, 0.15) is 22.6 Å². The highest BCUT2D eigenvalue weighted by molar-refractivity contribution is 7.98. The van der Waals surface area contributed by atoms with Crippen LogP contribution in [0, 0.1) is 0 Å². The Kier molecular flexibility index (Phi) is 7.07. The maximum Gasteiger partial charge on any atom is 0.251 e. The van der Waals surface area contributed by atoms with Crippen molar-refractivity contribution in [3.63, 3.8) is 0 Å². The van der Waals surface area contributed by atoms with Crippen LogP contribution in [0.3, 0.4) is 0 Å². The molecule has 8 nitrogen and oxygen atoms in total. The SMILES string of the molecule is COc1ccc(C(=O)N[C@@H](CCSC)C(=O)NCc2nnc3ccccn23)cc1. The fourth-order valence-electron chi connectivity index (χ4n) is 2.79. The largest absolute Gasteiger partial charge is 0.497 e. The summed E-state index contributed by atoms with van der Waals surface area (Å²) in [5, 5.41) is 13.9. The van der Waals surface area contributed by atoms with Crippen LogP contribution in [0.25, 0.3) is 5.65 Å². The van der Waals surface area contributed by atoms with E-state index < -0.39 is 6.04 Å². The summed E-state index contributed by atoms with van der Waals surface area (Å²) in [6.07, 6.45) is 4.32. The molecule has 0 aliphatic rings. The molecule has 0 radical (unpaired) electrons. The zero-order chi connectivity index (χ0) is 20.6. The molecule has 3 rings (SSSR count). The number of fused-ring (bicyclic) bond motifs is 1. The van der Waals surface area contributed by atoms with Gasteiger partial charge in [0.2, 0.25) is 5.91 Å². The molecule has 2 amide bonds. The van der Waals surface area contributed by atoms with E-state index in [4.69, 9.17) is 4.74 Å². The molecule has 152 valence electrons. The molecule has 1 aromatic carbocycles. The van der Waals surface area contributed by atoms with Gasteiger partial charge in [0.1, 0.15) is 11.8 Å². The molecule has 0 bridgehead atoms. The third kappa shape index (κ3) is 5.26. The number of methoxy groups -OCH3 is 1. The molecular weight excluding hydrogens is 390 g/mol. The minimum absolute atomic E-state index is 0.220. The lowest BCUT2D eigenvalue weighted by Crippen LogP contribution is -2.47. The topological polar surface area (TPSA) is 97.6 Å². The average molecular weight is 414 g/mol. The first-order valence-corrected chi connectivity index (χ1v) is 10.5. The number of amides is 2. The van der Waals surface area contributed by atoms with E-state index in [1.807, 2.05) is 35.1 Å². The number of carbonyl (C=O) groups excluding carboxylic acids is 2. The average Bonchev–Trinajstić information content (AvgIpc) is 3.18. The Bertz CT molecular complexity index is 974. The molecule has 0 spiro atoms. The zero-order valence-electron chi connectivity index (χ0n) is 16.3. The van der Waals surface area contributed by atoms with Gasteiger partial charge in [-0.05, 0) is 54.8 Å². The molecule has 0 aliphatic heterocycles. The Morgan fingerprint density at radius 3 is 2.69 bits per heavy atom. The molecule has 0 aliphatic carbocycles. The molecule has 0 fully saturated rings. The number of thioether (sulfide) groups is 1. The van der Waals surface area contributed by atoms with Gasteiger partial charge in [-0.3, -0.25) is 14.0 Å². The molecule has 29 heavy (non-hydrogen) atoms. The second-order valence-electron chi connectivity index (χ2n) is 6.30. The Morgan fingerprint density at radius 2 is 1.97 bits per heavy atom. The van der Waals surface area contributed by atoms with Crippen molar-refractivity contribution in [1.29, 1.82) is 0 Å². The van der Waals surface area contributed by atoms with Crippen LogP contribution >= 0.6 is 11.8 Å². The van der Waals surface area contributed by atoms with Gasteiger partial charge in [-0.25, -0.2) is 0 Å². The van der Waals surface area contributed by atoms with Crippen molar-refractivity contribution in [3.8, 4) is 5.75 Å². The number of nitrogens with one attached hydrogen (secondary N) is 2. The van der Waals surface area contributed by atoms with E-state index in [0.717, 1.165) is 5.75 Å². The smallest absolute Gasteiger partial charge is 0.251 e. The van der Waals surface area contributed by atoms with Gasteiger partial charge in [-0.2, -0.15) is 11.8 Å². The molecule has 0 saturated carbocycles. The van der Waals surface area contributed by atoms with E-state index in [9.17, 15) is 9.59 Å². The van der Waals surface area contributed by atoms with Crippen molar-refractivity contribution in [3.05, 3.63) is 60.0 Å². The number of ether oxygens (including phenoxy) is 1. The predicted molar refractivity (Wildman–Crippen MR) is 112 cm³/mol. The highest BCUT2D eigenvalue weighted by Gasteiger charge is 2.21. The summed E-state index contributed by atoms with van der Waals surface area (Å²) in [6.45, 7) is 0.220. The van der Waals surface area contributed by atoms with Crippen LogP contribution in [0.4, 0.5) is 0 Å². The summed E-state index contributed by atoms with van der Waals surface area (Å²) in [7, 11) is 1.57. The molecule has 3 aromatic rings. The van der Waals surface area contributed by atoms with Crippen molar-refractivity contribution in [2.45, 2.75) is 19.0 Å². The van der Waals surface area contributed by atoms with Crippen molar-refractivity contribution in [2.24, 2.45) is 0 Å². The number of nitrogens with zero attached hydrogens (tertiary/aromatic N) is 3. The first-order valence-electron chi connectivity index (χ1n) is 9.12. The van der Waals surface area contributed by atoms with Gasteiger partial charge >= 0.3 is 0 Å². The van der Waals surface area contributed by atoms with Gasteiger partial charge in [0.15, 0.2) is 11.5 Å². The van der Waals surface area contributed by atoms with Gasteiger partial charge in [-0.1, -0.05) is 6.07 Å². The summed E-state index contributed by atoms with van der Waals surface area (Å²) < 4.78 is 6.92. The molecular formula is C20H23N5O3S. The van der Waals surface area contributed by atoms with Crippen LogP contribution in [-0.2, 0) is 11.3 Å². The fraction of sp³-hybridized carbons (Fsp3) is 0.300. The highest BCUT2D eigenvalue weighted by Crippen LogP contribution is 2.12. The monoisotopic (exact) mass is 413 g/mol. The number of hydrogen-bond acceptors (Lipinski definition) is 6. The molecule has 1 atom stereocenters. The first-order chi connectivity index (χ1) is 14.1. The molecule has 0 saturated heterocycles. The number of rotatable bonds is 9. The van der Waals surface area contributed by atoms with E-state index >= 15 is 0 Å². The van der Waals surface area contributed by atoms with Gasteiger partial charge in [0.25, 0.3) is 5.91 Å². The Morgan fingerprint density at radius 1 is 1.17 bits per heavy atom. The Hall–Kier alpha value is -3.07. The van der Waals surface area contributed by atoms with Gasteiger partial charge in [0.05, 0.1) is 13.7 Å². The minimum atomic E-state index is -0.642. The fourth-order valence-corrected chi connectivity index (χ4v) is 3.26. The van der Waals surface area contributed by atoms with Gasteiger partial charge in [-0.15, -0.1) is 10.2 Å². The second kappa shape index (κ2) is 9.92. The Labute approximate surface area is 173 Å². The molecule has 2 heterocycles. The number of carbonyl (C=O) groups is 2. The van der Waals surface area contributed by atoms with E-state index in [2.05, 4.69) is 20.8 Å². The van der Waals surface area contributed by atoms with Crippen molar-refractivity contribution >= 4 is 29.2 Å². The standard InChI is InChI=1S/C20H23N5O3S/c1-28-15-8-6-14(7-9-15)19(26)22-16(10-12-29-2)20(27)21-13-18-24-23-17-5-3-4-11-25(17)18/h3-9,11,16H,10,12-13H2,1-2H3,(H,21,27)(H,22,26)/t16-/m0/s1. The van der Waals surface area contributed by atoms with Crippen molar-refractivity contribution in [2.75, 3.05) is 19.1 Å². The van der Waals surface area contributed by atoms with E-state index in [0.29, 0.717) is 29.2 Å². The van der Waals surface area contributed by atoms with Crippen LogP contribution in [0.5, 0.6) is 5.75 Å². The summed E-state index contributed by atoms with van der Waals surface area (Å²) in [6, 6.07) is 11.7. The number of aromatic nitrogens is 3. The van der Waals surface area contributed by atoms with Crippen molar-refractivity contribution in [1.82, 2.24) is 25.2 Å². The third-order valence-corrected chi connectivity index (χ3v) is 5.03. The molecule has 9 heteroatoms. The number of hydrogen-bond donors (Lipinski definition) is 2. The summed E-state index contributed by atoms with van der Waals surface area (Å²) in [5.74, 6) is 1.47. The Balaban J connectivity index is 1.64. The lowest BCUT2D eigenvalue weighted by Gasteiger charge is -2.18. The van der Waals surface area contributed by atoms with Gasteiger partial charge < -0.3 is 15.4 Å². The summed E-state index contributed by atoms with van der Waals surface area (Å²) >= 11 is 1.62. The van der Waals surface area contributed by atoms with Gasteiger partial charge in [0, 0.05) is 11.8 Å². The van der Waals surface area contributed by atoms with E-state index in [-0.39, 0.29) is 18.4 Å². The summed E-state index contributed by atoms with van der Waals surface area (Å²) in [5.41, 5.74) is 1.18. The molecule has 0 unspecified atom stereocenters. The summed E-state index contributed by atoms with van der Waals surface area (Å²) in [4.78, 5) is 25.3. The van der Waals surface area contributed by atoms with Crippen LogP contribution in [0.2, 0.25) is 0 Å². The van der Waals surface area contributed by atoms with Crippen molar-refractivity contribution < 1.29 is 14.3 Å². The maximum absolute atomic E-state index is 12.7. The second-order valence-corrected chi connectivity index (χ2v) is 7.28. The third-order valence-electron chi connectivity index (χ3n) is 4.39. The van der Waals surface area contributed by atoms with Crippen LogP contribution in [-0.4, -0.2) is 51.6 Å². The van der Waals surface area contributed by atoms with Crippen LogP contribution in [0.15, 0.2) is 48.7 Å². The van der Waals surface area contributed by atoms with E-state index in [1.54, 1.807) is 43.1 Å². The number of benzene rings is 1. The number of pyridine rings is 1. The minimum Gasteiger partial charge on any atom is -0.497 e. The molecule has 2 aromatic heterocycles. The van der Waals surface area contributed by atoms with E-state index in [1.165, 1.54) is 0 Å². The molecule has 2 N–H and O–H groups in total. The maximum atomic E-state index is 12.7. The van der Waals surface area contributed by atoms with Crippen LogP contribution < -0.4 is 15.4 Å².